The van der Waals surface area contributed by atoms with Crippen LogP contribution < -0.4 is 37.2 Å². The fourth-order valence-corrected chi connectivity index (χ4v) is 5.84. The van der Waals surface area contributed by atoms with Gasteiger partial charge in [0.05, 0.1) is 11.4 Å². The van der Waals surface area contributed by atoms with Gasteiger partial charge >= 0.3 is 5.97 Å². The Labute approximate surface area is 347 Å². The average Bonchev–Trinajstić information content (AvgIpc) is 4.02. The first-order valence-electron chi connectivity index (χ1n) is 18.6. The molecule has 5 heterocycles. The quantitative estimate of drug-likeness (QED) is 0.0517. The zero-order valence-corrected chi connectivity index (χ0v) is 33.9. The third-order valence-corrected chi connectivity index (χ3v) is 8.84. The lowest BCUT2D eigenvalue weighted by atomic mass is 10.3. The number of carboxylic acid groups (broad SMARTS) is 1. The molecule has 322 valence electrons. The summed E-state index contributed by atoms with van der Waals surface area (Å²) >= 11 is 0. The maximum atomic E-state index is 13.1. The smallest absolute Gasteiger partial charge is 0.303 e. The minimum Gasteiger partial charge on any atom is -0.481 e. The Balaban J connectivity index is 1.03. The van der Waals surface area contributed by atoms with Crippen molar-refractivity contribution in [3.63, 3.8) is 0 Å². The van der Waals surface area contributed by atoms with E-state index in [9.17, 15) is 38.4 Å². The van der Waals surface area contributed by atoms with Gasteiger partial charge in [0, 0.05) is 111 Å². The largest absolute Gasteiger partial charge is 0.481 e. The number of carboxylic acids is 1. The van der Waals surface area contributed by atoms with Crippen molar-refractivity contribution in [1.82, 2.24) is 53.7 Å². The molecule has 24 nitrogen and oxygen atoms in total. The molecular weight excluding hydrogens is 799 g/mol. The molecule has 5 aromatic rings. The van der Waals surface area contributed by atoms with Gasteiger partial charge in [-0.15, -0.1) is 0 Å². The molecule has 61 heavy (non-hydrogen) atoms. The number of aromatic nitrogens is 8. The summed E-state index contributed by atoms with van der Waals surface area (Å²) in [5, 5.41) is 27.1. The molecular formula is C37H45N15O9. The van der Waals surface area contributed by atoms with E-state index in [0.29, 0.717) is 5.69 Å². The van der Waals surface area contributed by atoms with Crippen LogP contribution in [0.3, 0.4) is 0 Å². The van der Waals surface area contributed by atoms with E-state index >= 15 is 0 Å². The van der Waals surface area contributed by atoms with Crippen molar-refractivity contribution >= 4 is 70.3 Å². The van der Waals surface area contributed by atoms with Gasteiger partial charge in [0.1, 0.15) is 11.4 Å². The number of hydrogen-bond acceptors (Lipinski definition) is 11. The molecule has 0 bridgehead atoms. The molecule has 7 amide bonds. The summed E-state index contributed by atoms with van der Waals surface area (Å²) in [6.07, 6.45) is 9.01. The third-order valence-electron chi connectivity index (χ3n) is 8.84. The van der Waals surface area contributed by atoms with Crippen LogP contribution >= 0.6 is 0 Å². The summed E-state index contributed by atoms with van der Waals surface area (Å²) in [5.74, 6) is -4.13. The van der Waals surface area contributed by atoms with Crippen LogP contribution in [-0.4, -0.2) is 110 Å². The summed E-state index contributed by atoms with van der Waals surface area (Å²) in [5.41, 5.74) is 1.09. The number of aliphatic carboxylic acids is 1. The van der Waals surface area contributed by atoms with Gasteiger partial charge in [0.25, 0.3) is 29.5 Å². The Bertz CT molecular complexity index is 2490. The summed E-state index contributed by atoms with van der Waals surface area (Å²) in [6.45, 7) is 0.0832. The van der Waals surface area contributed by atoms with Crippen LogP contribution in [0.4, 0.5) is 23.0 Å². The molecule has 0 saturated heterocycles. The molecule has 8 N–H and O–H groups in total. The molecule has 24 heteroatoms. The topological polar surface area (TPSA) is 304 Å². The molecule has 0 aliphatic rings. The Kier molecular flexibility index (Phi) is 14.2. The van der Waals surface area contributed by atoms with Gasteiger partial charge in [-0.2, -0.15) is 0 Å². The monoisotopic (exact) mass is 843 g/mol. The Hall–Kier alpha value is -8.05. The molecule has 0 spiro atoms. The Morgan fingerprint density at radius 3 is 1.44 bits per heavy atom. The number of nitrogens with zero attached hydrogens (tertiary/aromatic N) is 8. The summed E-state index contributed by atoms with van der Waals surface area (Å²) < 4.78 is 7.39. The highest BCUT2D eigenvalue weighted by molar-refractivity contribution is 6.04. The minimum atomic E-state index is -0.972. The van der Waals surface area contributed by atoms with Gasteiger partial charge in [0.2, 0.25) is 23.5 Å². The van der Waals surface area contributed by atoms with Crippen molar-refractivity contribution in [1.29, 1.82) is 0 Å². The second-order valence-electron chi connectivity index (χ2n) is 13.7. The SMILES string of the molecule is Cn1cc(NC(=O)c2nc(NC(=O)CCNC(=O)c3cc(NC(=O)c4nccn4C)cn3C)cn2C)cc1C(=O)NCCC(=O)Nc1cn(C)c(C(=O)NCCCC(=O)O)n1. The Morgan fingerprint density at radius 1 is 0.525 bits per heavy atom. The maximum Gasteiger partial charge on any atom is 0.303 e. The number of carbonyl (C=O) groups excluding carboxylic acids is 7. The second-order valence-corrected chi connectivity index (χ2v) is 13.7. The van der Waals surface area contributed by atoms with E-state index in [-0.39, 0.29) is 91.5 Å². The van der Waals surface area contributed by atoms with Gasteiger partial charge in [0.15, 0.2) is 17.5 Å². The highest BCUT2D eigenvalue weighted by atomic mass is 16.4. The van der Waals surface area contributed by atoms with Crippen LogP contribution in [-0.2, 0) is 49.6 Å². The molecule has 0 aromatic carbocycles. The molecule has 0 aliphatic heterocycles. The van der Waals surface area contributed by atoms with Crippen molar-refractivity contribution in [3.8, 4) is 0 Å². The molecule has 5 aromatic heterocycles. The van der Waals surface area contributed by atoms with Gasteiger partial charge in [-0.1, -0.05) is 0 Å². The standard InChI is InChI=1S/C37H45N15O9/c1-48-14-13-38-30(48)36(60)42-21-15-23(49(2)17-21)33(57)40-12-9-28(54)45-26-20-52(5)32(47-26)37(61)43-22-16-24(50(3)18-22)34(58)41-11-8-27(53)44-25-19-51(4)31(46-25)35(59)39-10-6-7-29(55)56/h13-20H,6-12H2,1-5H3,(H,39,59)(H,40,57)(H,41,58)(H,42,60)(H,43,61)(H,44,53)(H,45,54)(H,55,56). The van der Waals surface area contributed by atoms with Gasteiger partial charge in [-0.25, -0.2) is 15.0 Å². The molecule has 0 fully saturated rings. The minimum absolute atomic E-state index is 0.0167. The molecule has 5 rings (SSSR count). The fourth-order valence-electron chi connectivity index (χ4n) is 5.84. The first-order chi connectivity index (χ1) is 29.0. The van der Waals surface area contributed by atoms with E-state index in [2.05, 4.69) is 52.2 Å². The van der Waals surface area contributed by atoms with E-state index in [1.165, 1.54) is 55.2 Å². The number of rotatable bonds is 19. The molecule has 0 unspecified atom stereocenters. The second kappa shape index (κ2) is 19.6. The van der Waals surface area contributed by atoms with Crippen LogP contribution in [0.5, 0.6) is 0 Å². The summed E-state index contributed by atoms with van der Waals surface area (Å²) in [4.78, 5) is 112. The van der Waals surface area contributed by atoms with Crippen molar-refractivity contribution in [2.24, 2.45) is 35.2 Å². The van der Waals surface area contributed by atoms with Crippen molar-refractivity contribution in [2.75, 3.05) is 40.9 Å². The average molecular weight is 844 g/mol. The summed E-state index contributed by atoms with van der Waals surface area (Å²) in [6, 6.07) is 2.93. The zero-order chi connectivity index (χ0) is 44.4. The Morgan fingerprint density at radius 2 is 0.984 bits per heavy atom. The molecule has 0 aliphatic carbocycles. The normalized spacial score (nSPS) is 10.8. The van der Waals surface area contributed by atoms with Crippen molar-refractivity contribution in [2.45, 2.75) is 25.7 Å². The first-order valence-corrected chi connectivity index (χ1v) is 18.6. The van der Waals surface area contributed by atoms with E-state index < -0.39 is 47.3 Å². The molecule has 0 saturated carbocycles. The predicted molar refractivity (Wildman–Crippen MR) is 217 cm³/mol. The number of imidazole rings is 3. The third kappa shape index (κ3) is 11.8. The molecule has 0 atom stereocenters. The van der Waals surface area contributed by atoms with Crippen molar-refractivity contribution in [3.05, 3.63) is 78.2 Å². The van der Waals surface area contributed by atoms with Crippen LogP contribution in [0.15, 0.2) is 49.3 Å². The highest BCUT2D eigenvalue weighted by Crippen LogP contribution is 2.17. The van der Waals surface area contributed by atoms with E-state index in [1.54, 1.807) is 52.2 Å². The lowest BCUT2D eigenvalue weighted by Gasteiger charge is -2.06. The fraction of sp³-hybridized carbons (Fsp3) is 0.324. The lowest BCUT2D eigenvalue weighted by molar-refractivity contribution is -0.137. The number of amides is 7. The van der Waals surface area contributed by atoms with Gasteiger partial charge in [-0.05, 0) is 18.6 Å². The number of hydrogen-bond donors (Lipinski definition) is 8. The lowest BCUT2D eigenvalue weighted by Crippen LogP contribution is -2.29. The van der Waals surface area contributed by atoms with E-state index in [1.807, 2.05) is 0 Å². The number of aryl methyl sites for hydroxylation is 5. The number of carbonyl (C=O) groups is 8. The van der Waals surface area contributed by atoms with E-state index in [4.69, 9.17) is 5.11 Å². The van der Waals surface area contributed by atoms with Gasteiger partial charge < -0.3 is 65.2 Å². The first kappa shape index (κ1) is 44.1. The van der Waals surface area contributed by atoms with Crippen molar-refractivity contribution < 1.29 is 43.5 Å². The maximum absolute atomic E-state index is 13.1. The molecule has 0 radical (unpaired) electrons. The zero-order valence-electron chi connectivity index (χ0n) is 33.9. The highest BCUT2D eigenvalue weighted by Gasteiger charge is 2.21. The van der Waals surface area contributed by atoms with Crippen LogP contribution in [0.25, 0.3) is 0 Å². The summed E-state index contributed by atoms with van der Waals surface area (Å²) in [7, 11) is 8.03. The van der Waals surface area contributed by atoms with Crippen LogP contribution in [0.2, 0.25) is 0 Å². The number of anilines is 4. The number of nitrogens with one attached hydrogen (secondary N) is 7. The van der Waals surface area contributed by atoms with Crippen LogP contribution in [0, 0.1) is 0 Å². The van der Waals surface area contributed by atoms with Gasteiger partial charge in [-0.3, -0.25) is 38.4 Å². The van der Waals surface area contributed by atoms with E-state index in [0.717, 1.165) is 0 Å². The van der Waals surface area contributed by atoms with Crippen LogP contribution in [0.1, 0.15) is 78.5 Å². The predicted octanol–water partition coefficient (Wildman–Crippen LogP) is 0.181.